The molecule has 24 heavy (non-hydrogen) atoms. The molecule has 0 heterocycles. The summed E-state index contributed by atoms with van der Waals surface area (Å²) in [4.78, 5) is 11.1. The molecule has 0 atom stereocenters. The van der Waals surface area contributed by atoms with E-state index in [1.165, 1.54) is 20.5 Å². The molecule has 1 aromatic carbocycles. The van der Waals surface area contributed by atoms with Gasteiger partial charge in [0.15, 0.2) is 0 Å². The molecule has 0 aromatic heterocycles. The molecule has 1 aromatic rings. The highest BCUT2D eigenvalue weighted by atomic mass is 32.2. The minimum Gasteiger partial charge on any atom is -0.495 e. The quantitative estimate of drug-likeness (QED) is 0.784. The molecular weight excluding hydrogens is 328 g/mol. The van der Waals surface area contributed by atoms with Crippen molar-refractivity contribution in [1.29, 1.82) is 0 Å². The third kappa shape index (κ3) is 5.21. The molecule has 0 aliphatic heterocycles. The van der Waals surface area contributed by atoms with Crippen LogP contribution in [0, 0.1) is 0 Å². The summed E-state index contributed by atoms with van der Waals surface area (Å²) in [7, 11) is -2.16. The molecule has 1 amide bonds. The van der Waals surface area contributed by atoms with Gasteiger partial charge < -0.3 is 10.1 Å². The minimum absolute atomic E-state index is 0.00325. The molecule has 2 rings (SSSR count). The molecule has 1 aliphatic rings. The first kappa shape index (κ1) is 18.7. The van der Waals surface area contributed by atoms with Crippen LogP contribution < -0.4 is 14.8 Å². The molecule has 134 valence electrons. The second-order valence-electron chi connectivity index (χ2n) is 6.17. The van der Waals surface area contributed by atoms with Gasteiger partial charge in [-0.3, -0.25) is 4.79 Å². The molecule has 0 radical (unpaired) electrons. The summed E-state index contributed by atoms with van der Waals surface area (Å²) in [6, 6.07) is 5.11. The number of hydrogen-bond donors (Lipinski definition) is 2. The lowest BCUT2D eigenvalue weighted by molar-refractivity contribution is -0.118. The van der Waals surface area contributed by atoms with Crippen molar-refractivity contribution in [2.24, 2.45) is 0 Å². The van der Waals surface area contributed by atoms with Crippen LogP contribution in [0.25, 0.3) is 0 Å². The van der Waals surface area contributed by atoms with Gasteiger partial charge in [0.05, 0.1) is 7.11 Å². The van der Waals surface area contributed by atoms with E-state index < -0.39 is 10.0 Å². The number of rotatable bonds is 7. The molecule has 1 saturated carbocycles. The lowest BCUT2D eigenvalue weighted by Gasteiger charge is -2.23. The average molecular weight is 354 g/mol. The third-order valence-electron chi connectivity index (χ3n) is 4.23. The van der Waals surface area contributed by atoms with Crippen LogP contribution in [0.3, 0.4) is 0 Å². The molecule has 0 bridgehead atoms. The Morgan fingerprint density at radius 1 is 1.25 bits per heavy atom. The Labute approximate surface area is 144 Å². The number of sulfonamides is 1. The third-order valence-corrected chi connectivity index (χ3v) is 5.77. The van der Waals surface area contributed by atoms with E-state index in [2.05, 4.69) is 10.0 Å². The first-order chi connectivity index (χ1) is 11.4. The maximum absolute atomic E-state index is 12.8. The Bertz CT molecular complexity index is 667. The Balaban J connectivity index is 2.17. The van der Waals surface area contributed by atoms with Crippen LogP contribution in [0.4, 0.5) is 0 Å². The van der Waals surface area contributed by atoms with Gasteiger partial charge in [0.1, 0.15) is 10.6 Å². The molecule has 6 nitrogen and oxygen atoms in total. The summed E-state index contributed by atoms with van der Waals surface area (Å²) in [6.07, 6.45) is 5.60. The molecule has 1 aliphatic carbocycles. The van der Waals surface area contributed by atoms with Crippen molar-refractivity contribution < 1.29 is 17.9 Å². The van der Waals surface area contributed by atoms with Gasteiger partial charge in [0.2, 0.25) is 15.9 Å². The monoisotopic (exact) mass is 354 g/mol. The van der Waals surface area contributed by atoms with E-state index in [-0.39, 0.29) is 16.8 Å². The molecule has 1 fully saturated rings. The largest absolute Gasteiger partial charge is 0.495 e. The number of amides is 1. The highest BCUT2D eigenvalue weighted by Crippen LogP contribution is 2.27. The minimum atomic E-state index is -3.63. The van der Waals surface area contributed by atoms with Crippen molar-refractivity contribution >= 4 is 15.9 Å². The topological polar surface area (TPSA) is 84.5 Å². The zero-order chi connectivity index (χ0) is 17.6. The number of methoxy groups -OCH3 is 1. The van der Waals surface area contributed by atoms with E-state index in [0.29, 0.717) is 18.7 Å². The van der Waals surface area contributed by atoms with Crippen LogP contribution in [-0.4, -0.2) is 34.0 Å². The lowest BCUT2D eigenvalue weighted by atomic mass is 9.96. The summed E-state index contributed by atoms with van der Waals surface area (Å²) in [6.45, 7) is 1.93. The number of hydrogen-bond acceptors (Lipinski definition) is 4. The SMILES string of the molecule is COc1ccc(CCNC(C)=O)cc1S(=O)(=O)NC1CCCCC1. The van der Waals surface area contributed by atoms with E-state index in [4.69, 9.17) is 4.74 Å². The van der Waals surface area contributed by atoms with E-state index in [9.17, 15) is 13.2 Å². The predicted molar refractivity (Wildman–Crippen MR) is 92.6 cm³/mol. The van der Waals surface area contributed by atoms with Crippen molar-refractivity contribution in [3.05, 3.63) is 23.8 Å². The number of benzene rings is 1. The van der Waals surface area contributed by atoms with Crippen molar-refractivity contribution in [3.8, 4) is 5.75 Å². The second kappa shape index (κ2) is 8.48. The molecule has 0 spiro atoms. The highest BCUT2D eigenvalue weighted by Gasteiger charge is 2.25. The fraction of sp³-hybridized carbons (Fsp3) is 0.588. The van der Waals surface area contributed by atoms with Gasteiger partial charge in [0.25, 0.3) is 0 Å². The summed E-state index contributed by atoms with van der Waals surface area (Å²) in [5.41, 5.74) is 0.841. The van der Waals surface area contributed by atoms with E-state index in [1.807, 2.05) is 6.07 Å². The van der Waals surface area contributed by atoms with Crippen molar-refractivity contribution in [2.75, 3.05) is 13.7 Å². The standard InChI is InChI=1S/C17H26N2O4S/c1-13(20)18-11-10-14-8-9-16(23-2)17(12-14)24(21,22)19-15-6-4-3-5-7-15/h8-9,12,15,19H,3-7,10-11H2,1-2H3,(H,18,20). The van der Waals surface area contributed by atoms with Gasteiger partial charge in [-0.25, -0.2) is 13.1 Å². The van der Waals surface area contributed by atoms with Crippen molar-refractivity contribution in [3.63, 3.8) is 0 Å². The van der Waals surface area contributed by atoms with Gasteiger partial charge in [-0.15, -0.1) is 0 Å². The fourth-order valence-electron chi connectivity index (χ4n) is 2.97. The normalized spacial score (nSPS) is 15.9. The van der Waals surface area contributed by atoms with E-state index in [1.54, 1.807) is 12.1 Å². The zero-order valence-corrected chi connectivity index (χ0v) is 15.1. The average Bonchev–Trinajstić information content (AvgIpc) is 2.55. The van der Waals surface area contributed by atoms with Crippen LogP contribution in [0.5, 0.6) is 5.75 Å². The van der Waals surface area contributed by atoms with Crippen LogP contribution in [0.15, 0.2) is 23.1 Å². The van der Waals surface area contributed by atoms with Gasteiger partial charge in [0, 0.05) is 19.5 Å². The van der Waals surface area contributed by atoms with Crippen LogP contribution in [0.2, 0.25) is 0 Å². The number of carbonyl (C=O) groups excluding carboxylic acids is 1. The fourth-order valence-corrected chi connectivity index (χ4v) is 4.50. The van der Waals surface area contributed by atoms with Crippen molar-refractivity contribution in [1.82, 2.24) is 10.0 Å². The number of ether oxygens (including phenoxy) is 1. The second-order valence-corrected chi connectivity index (χ2v) is 7.86. The molecule has 0 saturated heterocycles. The van der Waals surface area contributed by atoms with Gasteiger partial charge in [-0.2, -0.15) is 0 Å². The lowest BCUT2D eigenvalue weighted by Crippen LogP contribution is -2.36. The summed E-state index contributed by atoms with van der Waals surface area (Å²) >= 11 is 0. The van der Waals surface area contributed by atoms with Crippen LogP contribution in [0.1, 0.15) is 44.6 Å². The Morgan fingerprint density at radius 2 is 1.96 bits per heavy atom. The highest BCUT2D eigenvalue weighted by molar-refractivity contribution is 7.89. The van der Waals surface area contributed by atoms with E-state index in [0.717, 1.165) is 31.2 Å². The maximum Gasteiger partial charge on any atom is 0.244 e. The zero-order valence-electron chi connectivity index (χ0n) is 14.3. The maximum atomic E-state index is 12.8. The first-order valence-electron chi connectivity index (χ1n) is 8.36. The van der Waals surface area contributed by atoms with E-state index >= 15 is 0 Å². The molecule has 7 heteroatoms. The number of nitrogens with one attached hydrogen (secondary N) is 2. The Hall–Kier alpha value is -1.60. The van der Waals surface area contributed by atoms with Crippen LogP contribution >= 0.6 is 0 Å². The first-order valence-corrected chi connectivity index (χ1v) is 9.84. The molecule has 0 unspecified atom stereocenters. The Kier molecular flexibility index (Phi) is 6.62. The summed E-state index contributed by atoms with van der Waals surface area (Å²) < 4.78 is 33.5. The smallest absolute Gasteiger partial charge is 0.244 e. The van der Waals surface area contributed by atoms with Gasteiger partial charge in [-0.05, 0) is 37.0 Å². The van der Waals surface area contributed by atoms with Gasteiger partial charge in [-0.1, -0.05) is 25.3 Å². The van der Waals surface area contributed by atoms with Crippen molar-refractivity contribution in [2.45, 2.75) is 56.4 Å². The van der Waals surface area contributed by atoms with Gasteiger partial charge >= 0.3 is 0 Å². The van der Waals surface area contributed by atoms with Crippen LogP contribution in [-0.2, 0) is 21.2 Å². The molecule has 2 N–H and O–H groups in total. The number of carbonyl (C=O) groups is 1. The summed E-state index contributed by atoms with van der Waals surface area (Å²) in [5, 5.41) is 2.71. The molecular formula is C17H26N2O4S. The summed E-state index contributed by atoms with van der Waals surface area (Å²) in [5.74, 6) is 0.233. The Morgan fingerprint density at radius 3 is 2.58 bits per heavy atom. The predicted octanol–water partition coefficient (Wildman–Crippen LogP) is 1.98.